The zero-order chi connectivity index (χ0) is 12.2. The van der Waals surface area contributed by atoms with Gasteiger partial charge >= 0.3 is 0 Å². The fourth-order valence-corrected chi connectivity index (χ4v) is 0.996. The summed E-state index contributed by atoms with van der Waals surface area (Å²) in [6.07, 6.45) is 13.4. The second-order valence-electron chi connectivity index (χ2n) is 2.96. The van der Waals surface area contributed by atoms with Gasteiger partial charge in [0, 0.05) is 0 Å². The first-order chi connectivity index (χ1) is 7.74. The molecule has 0 saturated carbocycles. The summed E-state index contributed by atoms with van der Waals surface area (Å²) in [5.74, 6) is 0.156. The second kappa shape index (κ2) is 9.71. The number of aliphatic hydroxyl groups excluding tert-OH is 1. The van der Waals surface area contributed by atoms with Crippen molar-refractivity contribution >= 4 is 0 Å². The standard InChI is InChI=1S/C14H17FO/c1-3-5-9-14(16)11-10-13(7-4-2)8-6-12-15/h3-9,11,16H,1-2,10,12H2/b8-6-,9-5-,13-7+,14-11-. The molecule has 0 unspecified atom stereocenters. The van der Waals surface area contributed by atoms with E-state index in [1.807, 2.05) is 0 Å². The van der Waals surface area contributed by atoms with Crippen molar-refractivity contribution in [2.45, 2.75) is 6.42 Å². The molecule has 2 heteroatoms. The zero-order valence-corrected chi connectivity index (χ0v) is 9.27. The molecular formula is C14H17FO. The summed E-state index contributed by atoms with van der Waals surface area (Å²) in [6, 6.07) is 0. The van der Waals surface area contributed by atoms with Gasteiger partial charge in [-0.3, -0.25) is 0 Å². The molecule has 0 radical (unpaired) electrons. The predicted molar refractivity (Wildman–Crippen MR) is 68.1 cm³/mol. The first-order valence-corrected chi connectivity index (χ1v) is 4.97. The Morgan fingerprint density at radius 3 is 2.50 bits per heavy atom. The number of halogens is 1. The van der Waals surface area contributed by atoms with E-state index < -0.39 is 6.67 Å². The van der Waals surface area contributed by atoms with E-state index >= 15 is 0 Å². The highest BCUT2D eigenvalue weighted by molar-refractivity contribution is 5.27. The van der Waals surface area contributed by atoms with Crippen molar-refractivity contribution in [3.05, 3.63) is 73.1 Å². The molecule has 1 nitrogen and oxygen atoms in total. The van der Waals surface area contributed by atoms with Crippen LogP contribution < -0.4 is 0 Å². The monoisotopic (exact) mass is 220 g/mol. The third kappa shape index (κ3) is 7.56. The molecule has 0 aromatic heterocycles. The highest BCUT2D eigenvalue weighted by Gasteiger charge is 1.90. The second-order valence-corrected chi connectivity index (χ2v) is 2.96. The summed E-state index contributed by atoms with van der Waals surface area (Å²) in [5.41, 5.74) is 0.881. The molecule has 0 aliphatic rings. The van der Waals surface area contributed by atoms with E-state index in [1.54, 1.807) is 36.5 Å². The molecule has 0 aliphatic heterocycles. The van der Waals surface area contributed by atoms with Crippen LogP contribution in [0.1, 0.15) is 6.42 Å². The average Bonchev–Trinajstić information content (AvgIpc) is 2.30. The molecule has 0 saturated heterocycles. The van der Waals surface area contributed by atoms with E-state index in [2.05, 4.69) is 13.2 Å². The molecule has 86 valence electrons. The fraction of sp³-hybridized carbons (Fsp3) is 0.143. The lowest BCUT2D eigenvalue weighted by atomic mass is 10.1. The number of allylic oxidation sites excluding steroid dienone is 9. The highest BCUT2D eigenvalue weighted by atomic mass is 19.1. The Balaban J connectivity index is 4.47. The molecule has 0 bridgehead atoms. The van der Waals surface area contributed by atoms with Crippen LogP contribution in [0, 0.1) is 0 Å². The van der Waals surface area contributed by atoms with Crippen LogP contribution >= 0.6 is 0 Å². The molecule has 0 amide bonds. The topological polar surface area (TPSA) is 20.2 Å². The van der Waals surface area contributed by atoms with E-state index in [9.17, 15) is 9.50 Å². The van der Waals surface area contributed by atoms with Crippen LogP contribution in [-0.2, 0) is 0 Å². The fourth-order valence-electron chi connectivity index (χ4n) is 0.996. The Hall–Kier alpha value is -1.83. The van der Waals surface area contributed by atoms with Gasteiger partial charge in [0.2, 0.25) is 0 Å². The average molecular weight is 220 g/mol. The van der Waals surface area contributed by atoms with E-state index in [0.717, 1.165) is 5.57 Å². The number of hydrogen-bond donors (Lipinski definition) is 1. The summed E-state index contributed by atoms with van der Waals surface area (Å²) in [4.78, 5) is 0. The molecule has 0 aromatic rings. The van der Waals surface area contributed by atoms with E-state index in [1.165, 1.54) is 12.2 Å². The Bertz CT molecular complexity index is 333. The first kappa shape index (κ1) is 14.2. The maximum Gasteiger partial charge on any atom is 0.111 e. The number of hydrogen-bond acceptors (Lipinski definition) is 1. The van der Waals surface area contributed by atoms with Crippen LogP contribution in [0.25, 0.3) is 0 Å². The van der Waals surface area contributed by atoms with Gasteiger partial charge in [0.1, 0.15) is 12.4 Å². The molecule has 0 atom stereocenters. The third-order valence-corrected chi connectivity index (χ3v) is 1.70. The summed E-state index contributed by atoms with van der Waals surface area (Å²) in [7, 11) is 0. The Kier molecular flexibility index (Phi) is 8.60. The number of aliphatic hydroxyl groups is 1. The van der Waals surface area contributed by atoms with Gasteiger partial charge in [-0.2, -0.15) is 0 Å². The van der Waals surface area contributed by atoms with Gasteiger partial charge in [-0.25, -0.2) is 4.39 Å². The Labute approximate surface area is 96.3 Å². The van der Waals surface area contributed by atoms with Crippen LogP contribution in [-0.4, -0.2) is 11.8 Å². The molecular weight excluding hydrogens is 203 g/mol. The maximum absolute atomic E-state index is 11.9. The molecule has 0 spiro atoms. The zero-order valence-electron chi connectivity index (χ0n) is 9.27. The molecule has 0 aliphatic carbocycles. The maximum atomic E-state index is 11.9. The van der Waals surface area contributed by atoms with Gasteiger partial charge < -0.3 is 5.11 Å². The van der Waals surface area contributed by atoms with Crippen LogP contribution in [0.2, 0.25) is 0 Å². The van der Waals surface area contributed by atoms with Crippen molar-refractivity contribution in [3.63, 3.8) is 0 Å². The number of alkyl halides is 1. The Morgan fingerprint density at radius 1 is 1.19 bits per heavy atom. The summed E-state index contributed by atoms with van der Waals surface area (Å²) < 4.78 is 11.9. The minimum absolute atomic E-state index is 0.156. The van der Waals surface area contributed by atoms with Crippen molar-refractivity contribution in [2.24, 2.45) is 0 Å². The van der Waals surface area contributed by atoms with Crippen LogP contribution in [0.4, 0.5) is 4.39 Å². The van der Waals surface area contributed by atoms with E-state index in [0.29, 0.717) is 6.42 Å². The molecule has 0 rings (SSSR count). The quantitative estimate of drug-likeness (QED) is 0.503. The molecule has 16 heavy (non-hydrogen) atoms. The minimum atomic E-state index is -0.499. The van der Waals surface area contributed by atoms with Gasteiger partial charge in [-0.05, 0) is 24.1 Å². The van der Waals surface area contributed by atoms with Crippen molar-refractivity contribution in [1.29, 1.82) is 0 Å². The van der Waals surface area contributed by atoms with Crippen LogP contribution in [0.5, 0.6) is 0 Å². The van der Waals surface area contributed by atoms with Gasteiger partial charge in [0.25, 0.3) is 0 Å². The van der Waals surface area contributed by atoms with Gasteiger partial charge in [-0.1, -0.05) is 49.6 Å². The lowest BCUT2D eigenvalue weighted by Gasteiger charge is -1.96. The van der Waals surface area contributed by atoms with Gasteiger partial charge in [0.15, 0.2) is 0 Å². The lowest BCUT2D eigenvalue weighted by molar-refractivity contribution is 0.430. The summed E-state index contributed by atoms with van der Waals surface area (Å²) >= 11 is 0. The summed E-state index contributed by atoms with van der Waals surface area (Å²) in [6.45, 7) is 6.57. The van der Waals surface area contributed by atoms with Crippen molar-refractivity contribution < 1.29 is 9.50 Å². The molecule has 0 fully saturated rings. The predicted octanol–water partition coefficient (Wildman–Crippen LogP) is 4.20. The molecule has 0 heterocycles. The third-order valence-electron chi connectivity index (χ3n) is 1.70. The van der Waals surface area contributed by atoms with Gasteiger partial charge in [0.05, 0.1) is 0 Å². The molecule has 0 aromatic carbocycles. The van der Waals surface area contributed by atoms with Crippen molar-refractivity contribution in [1.82, 2.24) is 0 Å². The van der Waals surface area contributed by atoms with E-state index in [-0.39, 0.29) is 5.76 Å². The normalized spacial score (nSPS) is 13.6. The SMILES string of the molecule is C=C/C=C\C(O)=C\CC(/C=C\CF)=C/C=C. The summed E-state index contributed by atoms with van der Waals surface area (Å²) in [5, 5.41) is 9.40. The highest BCUT2D eigenvalue weighted by Crippen LogP contribution is 2.07. The van der Waals surface area contributed by atoms with Crippen LogP contribution in [0.15, 0.2) is 73.1 Å². The van der Waals surface area contributed by atoms with Crippen LogP contribution in [0.3, 0.4) is 0 Å². The largest absolute Gasteiger partial charge is 0.508 e. The smallest absolute Gasteiger partial charge is 0.111 e. The van der Waals surface area contributed by atoms with Crippen molar-refractivity contribution in [2.75, 3.05) is 6.67 Å². The molecule has 1 N–H and O–H groups in total. The van der Waals surface area contributed by atoms with Crippen molar-refractivity contribution in [3.8, 4) is 0 Å². The van der Waals surface area contributed by atoms with Gasteiger partial charge in [-0.15, -0.1) is 0 Å². The van der Waals surface area contributed by atoms with E-state index in [4.69, 9.17) is 0 Å². The lowest BCUT2D eigenvalue weighted by Crippen LogP contribution is -1.79. The number of rotatable bonds is 7. The minimum Gasteiger partial charge on any atom is -0.508 e. The Morgan fingerprint density at radius 2 is 1.94 bits per heavy atom. The first-order valence-electron chi connectivity index (χ1n) is 4.97.